The maximum atomic E-state index is 13.1. The lowest BCUT2D eigenvalue weighted by Crippen LogP contribution is -2.41. The van der Waals surface area contributed by atoms with E-state index in [4.69, 9.17) is 21.3 Å². The topological polar surface area (TPSA) is 42.4 Å². The summed E-state index contributed by atoms with van der Waals surface area (Å²) >= 11 is 7.77. The van der Waals surface area contributed by atoms with E-state index in [9.17, 15) is 18.0 Å². The number of hydrogen-bond donors (Lipinski definition) is 0. The third-order valence-corrected chi connectivity index (χ3v) is 7.50. The van der Waals surface area contributed by atoms with Crippen LogP contribution < -0.4 is 0 Å². The van der Waals surface area contributed by atoms with Crippen molar-refractivity contribution in [2.24, 2.45) is 0 Å². The van der Waals surface area contributed by atoms with Gasteiger partial charge in [-0.05, 0) is 74.6 Å². The number of carbonyl (C=O) groups is 1. The molecule has 34 heavy (non-hydrogen) atoms. The van der Waals surface area contributed by atoms with Gasteiger partial charge >= 0.3 is 11.6 Å². The molecule has 0 atom stereocenters. The first-order chi connectivity index (χ1) is 15.5. The molecular weight excluding hydrogens is 505 g/mol. The molecule has 1 aromatic carbocycles. The predicted molar refractivity (Wildman–Crippen MR) is 133 cm³/mol. The minimum absolute atomic E-state index is 0.117. The molecule has 0 N–H and O–H groups in total. The standard InChI is InChI=1S/C24H30ClF3N2O2S2/c1-22(2,3)16-11-15(12-17(13-16)34-24(26,27)28)18-19(25)33-20(29-18)14-7-9-30(10-8-14)21(31)32-23(4,5)6/h11-14H,7-10H2,1-6H3. The Morgan fingerprint density at radius 3 is 2.26 bits per heavy atom. The summed E-state index contributed by atoms with van der Waals surface area (Å²) in [6.07, 6.45) is 1.12. The van der Waals surface area contributed by atoms with Crippen molar-refractivity contribution in [3.05, 3.63) is 33.1 Å². The van der Waals surface area contributed by atoms with Crippen molar-refractivity contribution in [3.8, 4) is 11.3 Å². The van der Waals surface area contributed by atoms with Crippen LogP contribution in [0.5, 0.6) is 0 Å². The van der Waals surface area contributed by atoms with Gasteiger partial charge in [-0.25, -0.2) is 9.78 Å². The summed E-state index contributed by atoms with van der Waals surface area (Å²) < 4.78 is 45.2. The van der Waals surface area contributed by atoms with E-state index in [1.54, 1.807) is 11.0 Å². The molecule has 2 aromatic rings. The summed E-state index contributed by atoms with van der Waals surface area (Å²) in [6, 6.07) is 4.95. The van der Waals surface area contributed by atoms with Crippen molar-refractivity contribution in [2.45, 2.75) is 81.7 Å². The molecule has 188 valence electrons. The smallest absolute Gasteiger partial charge is 0.444 e. The second-order valence-electron chi connectivity index (χ2n) is 10.5. The molecule has 2 heterocycles. The summed E-state index contributed by atoms with van der Waals surface area (Å²) in [4.78, 5) is 18.9. The Bertz CT molecular complexity index is 1030. The van der Waals surface area contributed by atoms with E-state index in [0.717, 1.165) is 23.4 Å². The fourth-order valence-corrected chi connectivity index (χ4v) is 5.68. The van der Waals surface area contributed by atoms with E-state index in [0.29, 0.717) is 28.7 Å². The molecule has 0 saturated carbocycles. The third kappa shape index (κ3) is 7.28. The summed E-state index contributed by atoms with van der Waals surface area (Å²) in [5.41, 5.74) is -3.39. The van der Waals surface area contributed by atoms with E-state index >= 15 is 0 Å². The van der Waals surface area contributed by atoms with Gasteiger partial charge < -0.3 is 9.64 Å². The summed E-state index contributed by atoms with van der Waals surface area (Å²) in [5.74, 6) is 0.129. The molecule has 4 nitrogen and oxygen atoms in total. The molecular formula is C24H30ClF3N2O2S2. The van der Waals surface area contributed by atoms with Crippen molar-refractivity contribution in [3.63, 3.8) is 0 Å². The Morgan fingerprint density at radius 2 is 1.74 bits per heavy atom. The van der Waals surface area contributed by atoms with Crippen LogP contribution >= 0.6 is 34.7 Å². The van der Waals surface area contributed by atoms with Crippen LogP contribution in [0.1, 0.15) is 70.9 Å². The molecule has 0 bridgehead atoms. The van der Waals surface area contributed by atoms with Crippen LogP contribution in [-0.2, 0) is 10.2 Å². The van der Waals surface area contributed by atoms with Crippen LogP contribution in [0.2, 0.25) is 4.34 Å². The SMILES string of the molecule is CC(C)(C)OC(=O)N1CCC(c2nc(-c3cc(SC(F)(F)F)cc(C(C)(C)C)c3)c(Cl)s2)CC1. The molecule has 0 radical (unpaired) electrons. The lowest BCUT2D eigenvalue weighted by atomic mass is 9.86. The van der Waals surface area contributed by atoms with Gasteiger partial charge in [-0.1, -0.05) is 32.4 Å². The normalized spacial score (nSPS) is 16.1. The van der Waals surface area contributed by atoms with Gasteiger partial charge in [0.2, 0.25) is 0 Å². The number of carbonyl (C=O) groups excluding carboxylic acids is 1. The number of thioether (sulfide) groups is 1. The van der Waals surface area contributed by atoms with Gasteiger partial charge in [0.25, 0.3) is 0 Å². The highest BCUT2D eigenvalue weighted by atomic mass is 35.5. The van der Waals surface area contributed by atoms with Gasteiger partial charge in [-0.3, -0.25) is 0 Å². The van der Waals surface area contributed by atoms with E-state index in [-0.39, 0.29) is 34.1 Å². The largest absolute Gasteiger partial charge is 0.446 e. The first-order valence-electron chi connectivity index (χ1n) is 11.1. The zero-order chi connectivity index (χ0) is 25.5. The number of alkyl halides is 3. The average Bonchev–Trinajstić information content (AvgIpc) is 3.06. The lowest BCUT2D eigenvalue weighted by Gasteiger charge is -2.32. The zero-order valence-electron chi connectivity index (χ0n) is 20.2. The van der Waals surface area contributed by atoms with Crippen LogP contribution in [0.25, 0.3) is 11.3 Å². The Kier molecular flexibility index (Phi) is 7.90. The second-order valence-corrected chi connectivity index (χ2v) is 13.2. The van der Waals surface area contributed by atoms with E-state index in [2.05, 4.69) is 0 Å². The maximum absolute atomic E-state index is 13.1. The van der Waals surface area contributed by atoms with E-state index < -0.39 is 11.1 Å². The molecule has 10 heteroatoms. The molecule has 1 saturated heterocycles. The van der Waals surface area contributed by atoms with Crippen molar-refractivity contribution in [1.82, 2.24) is 9.88 Å². The lowest BCUT2D eigenvalue weighted by molar-refractivity contribution is -0.0328. The molecule has 1 aromatic heterocycles. The van der Waals surface area contributed by atoms with Gasteiger partial charge in [-0.15, -0.1) is 11.3 Å². The number of piperidine rings is 1. The van der Waals surface area contributed by atoms with Gasteiger partial charge in [0.1, 0.15) is 15.6 Å². The zero-order valence-corrected chi connectivity index (χ0v) is 22.6. The summed E-state index contributed by atoms with van der Waals surface area (Å²) in [6.45, 7) is 12.5. The molecule has 3 rings (SSSR count). The predicted octanol–water partition coefficient (Wildman–Crippen LogP) is 8.49. The number of hydrogen-bond acceptors (Lipinski definition) is 5. The fourth-order valence-electron chi connectivity index (χ4n) is 3.67. The molecule has 1 aliphatic heterocycles. The highest BCUT2D eigenvalue weighted by Crippen LogP contribution is 2.43. The van der Waals surface area contributed by atoms with Crippen molar-refractivity contribution in [1.29, 1.82) is 0 Å². The molecule has 1 amide bonds. The van der Waals surface area contributed by atoms with Gasteiger partial charge in [-0.2, -0.15) is 13.2 Å². The highest BCUT2D eigenvalue weighted by Gasteiger charge is 2.32. The molecule has 1 fully saturated rings. The second kappa shape index (κ2) is 9.90. The number of thiazole rings is 1. The van der Waals surface area contributed by atoms with Crippen LogP contribution in [0.3, 0.4) is 0 Å². The van der Waals surface area contributed by atoms with Crippen molar-refractivity contribution >= 4 is 40.8 Å². The van der Waals surface area contributed by atoms with Gasteiger partial charge in [0.15, 0.2) is 0 Å². The number of halogens is 4. The maximum Gasteiger partial charge on any atom is 0.446 e. The monoisotopic (exact) mass is 534 g/mol. The number of benzene rings is 1. The molecule has 0 aliphatic carbocycles. The first-order valence-corrected chi connectivity index (χ1v) is 13.1. The highest BCUT2D eigenvalue weighted by molar-refractivity contribution is 8.00. The average molecular weight is 535 g/mol. The van der Waals surface area contributed by atoms with E-state index in [1.165, 1.54) is 17.4 Å². The van der Waals surface area contributed by atoms with E-state index in [1.807, 2.05) is 47.6 Å². The third-order valence-electron chi connectivity index (χ3n) is 5.38. The van der Waals surface area contributed by atoms with Crippen LogP contribution in [0, 0.1) is 0 Å². The number of likely N-dealkylation sites (tertiary alicyclic amines) is 1. The molecule has 1 aliphatic rings. The van der Waals surface area contributed by atoms with Gasteiger partial charge in [0.05, 0.1) is 5.01 Å². The van der Waals surface area contributed by atoms with Crippen molar-refractivity contribution in [2.75, 3.05) is 13.1 Å². The minimum Gasteiger partial charge on any atom is -0.444 e. The van der Waals surface area contributed by atoms with Crippen LogP contribution in [-0.4, -0.2) is 40.2 Å². The molecule has 0 unspecified atom stereocenters. The minimum atomic E-state index is -4.38. The fraction of sp³-hybridized carbons (Fsp3) is 0.583. The van der Waals surface area contributed by atoms with Crippen molar-refractivity contribution < 1.29 is 22.7 Å². The van der Waals surface area contributed by atoms with Crippen LogP contribution in [0.4, 0.5) is 18.0 Å². The van der Waals surface area contributed by atoms with Crippen LogP contribution in [0.15, 0.2) is 23.1 Å². The number of nitrogens with zero attached hydrogens (tertiary/aromatic N) is 2. The Hall–Kier alpha value is -1.45. The first kappa shape index (κ1) is 27.1. The number of rotatable bonds is 3. The quantitative estimate of drug-likeness (QED) is 0.370. The number of aromatic nitrogens is 1. The summed E-state index contributed by atoms with van der Waals surface area (Å²) in [5, 5.41) is 0.843. The van der Waals surface area contributed by atoms with Gasteiger partial charge in [0, 0.05) is 29.5 Å². The Morgan fingerprint density at radius 1 is 1.12 bits per heavy atom. The molecule has 0 spiro atoms. The number of amides is 1. The summed E-state index contributed by atoms with van der Waals surface area (Å²) in [7, 11) is 0. The Balaban J connectivity index is 1.82. The number of ether oxygens (including phenoxy) is 1. The Labute approximate surface area is 212 Å².